The Balaban J connectivity index is 1.80. The largest absolute Gasteiger partial charge is 0.393 e. The number of carbonyl (C=O) groups is 1. The zero-order valence-electron chi connectivity index (χ0n) is 21.4. The fraction of sp³-hybridized carbons (Fsp3) is 0.407. The molecule has 2 aliphatic rings. The molecule has 2 aromatic heterocycles. The highest BCUT2D eigenvalue weighted by molar-refractivity contribution is 6.09. The van der Waals surface area contributed by atoms with E-state index in [1.54, 1.807) is 25.9 Å². The first-order valence-corrected chi connectivity index (χ1v) is 12.5. The average molecular weight is 527 g/mol. The van der Waals surface area contributed by atoms with Crippen molar-refractivity contribution in [3.63, 3.8) is 0 Å². The van der Waals surface area contributed by atoms with Crippen LogP contribution in [0.1, 0.15) is 60.9 Å². The molecular weight excluding hydrogens is 497 g/mol. The van der Waals surface area contributed by atoms with E-state index in [-0.39, 0.29) is 40.6 Å². The maximum atomic E-state index is 15.7. The molecule has 4 heterocycles. The van der Waals surface area contributed by atoms with Crippen LogP contribution in [0, 0.1) is 11.2 Å². The molecule has 38 heavy (non-hydrogen) atoms. The van der Waals surface area contributed by atoms with Crippen molar-refractivity contribution in [1.82, 2.24) is 24.8 Å². The van der Waals surface area contributed by atoms with Crippen LogP contribution in [0.4, 0.5) is 13.2 Å². The van der Waals surface area contributed by atoms with Crippen molar-refractivity contribution in [3.05, 3.63) is 53.0 Å². The number of fused-ring (bicyclic) bond motifs is 2. The second-order valence-electron chi connectivity index (χ2n) is 9.64. The van der Waals surface area contributed by atoms with Gasteiger partial charge in [-0.15, -0.1) is 0 Å². The third-order valence-electron chi connectivity index (χ3n) is 7.31. The highest BCUT2D eigenvalue weighted by Gasteiger charge is 2.37. The van der Waals surface area contributed by atoms with Gasteiger partial charge in [0, 0.05) is 67.7 Å². The van der Waals surface area contributed by atoms with Crippen LogP contribution in [0.25, 0.3) is 27.7 Å². The van der Waals surface area contributed by atoms with E-state index in [0.29, 0.717) is 35.9 Å². The van der Waals surface area contributed by atoms with Crippen LogP contribution in [0.3, 0.4) is 0 Å². The first-order valence-electron chi connectivity index (χ1n) is 12.5. The zero-order chi connectivity index (χ0) is 27.1. The van der Waals surface area contributed by atoms with Crippen LogP contribution >= 0.6 is 0 Å². The number of alkyl halides is 2. The van der Waals surface area contributed by atoms with E-state index in [4.69, 9.17) is 15.1 Å². The second-order valence-corrected chi connectivity index (χ2v) is 9.64. The summed E-state index contributed by atoms with van der Waals surface area (Å²) in [6.07, 6.45) is 0.888. The van der Waals surface area contributed by atoms with E-state index in [1.807, 2.05) is 4.57 Å². The molecule has 0 aliphatic carbocycles. The molecule has 0 saturated carbocycles. The number of hydrogen-bond acceptors (Lipinski definition) is 6. The lowest BCUT2D eigenvalue weighted by Crippen LogP contribution is -2.40. The number of hydrogen-bond donors (Lipinski definition) is 2. The molecule has 1 aromatic carbocycles. The third kappa shape index (κ3) is 4.24. The van der Waals surface area contributed by atoms with Gasteiger partial charge in [-0.25, -0.2) is 23.1 Å². The van der Waals surface area contributed by atoms with E-state index in [1.165, 1.54) is 24.4 Å². The number of allylic oxidation sites excluding steroid dienone is 1. The van der Waals surface area contributed by atoms with Crippen molar-refractivity contribution in [2.45, 2.75) is 44.7 Å². The van der Waals surface area contributed by atoms with Gasteiger partial charge in [-0.3, -0.25) is 4.79 Å². The predicted molar refractivity (Wildman–Crippen MR) is 138 cm³/mol. The Hall–Kier alpha value is -3.73. The van der Waals surface area contributed by atoms with Gasteiger partial charge in [0.2, 0.25) is 5.91 Å². The minimum Gasteiger partial charge on any atom is -0.393 e. The van der Waals surface area contributed by atoms with E-state index >= 15 is 4.39 Å². The van der Waals surface area contributed by atoms with Gasteiger partial charge in [0.15, 0.2) is 0 Å². The molecule has 11 heteroatoms. The summed E-state index contributed by atoms with van der Waals surface area (Å²) in [5.41, 5.74) is 1.07. The highest BCUT2D eigenvalue weighted by atomic mass is 19.3. The lowest BCUT2D eigenvalue weighted by Gasteiger charge is -2.32. The molecule has 3 aromatic rings. The van der Waals surface area contributed by atoms with Crippen LogP contribution in [0.5, 0.6) is 0 Å². The van der Waals surface area contributed by atoms with Gasteiger partial charge in [-0.05, 0) is 38.0 Å². The minimum atomic E-state index is -2.91. The molecule has 0 bridgehead atoms. The van der Waals surface area contributed by atoms with Crippen molar-refractivity contribution in [3.8, 4) is 11.3 Å². The number of nitrogens with one attached hydrogen (secondary N) is 2. The topological polar surface area (TPSA) is 96.1 Å². The summed E-state index contributed by atoms with van der Waals surface area (Å²) in [5.74, 6) is 0.0216. The molecule has 1 saturated heterocycles. The molecule has 1 fully saturated rings. The van der Waals surface area contributed by atoms with E-state index in [0.717, 1.165) is 19.1 Å². The number of rotatable bonds is 6. The van der Waals surface area contributed by atoms with Gasteiger partial charge < -0.3 is 24.9 Å². The Kier molecular flexibility index (Phi) is 6.95. The Bertz CT molecular complexity index is 1440. The number of amides is 1. The summed E-state index contributed by atoms with van der Waals surface area (Å²) >= 11 is 0. The van der Waals surface area contributed by atoms with Crippen molar-refractivity contribution in [2.75, 3.05) is 27.3 Å². The van der Waals surface area contributed by atoms with Crippen LogP contribution in [0.15, 0.2) is 24.4 Å². The fourth-order valence-electron chi connectivity index (χ4n) is 5.45. The zero-order valence-corrected chi connectivity index (χ0v) is 21.4. The molecular formula is C27H29F3N6O2. The average Bonchev–Trinajstić information content (AvgIpc) is 3.29. The molecule has 1 atom stereocenters. The molecule has 5 rings (SSSR count). The Morgan fingerprint density at radius 2 is 2.00 bits per heavy atom. The van der Waals surface area contributed by atoms with Gasteiger partial charge in [-0.1, -0.05) is 0 Å². The highest BCUT2D eigenvalue weighted by Crippen LogP contribution is 2.41. The molecule has 2 aliphatic heterocycles. The van der Waals surface area contributed by atoms with Gasteiger partial charge in [0.05, 0.1) is 29.1 Å². The number of pyridine rings is 1. The van der Waals surface area contributed by atoms with Crippen LogP contribution < -0.4 is 5.32 Å². The summed E-state index contributed by atoms with van der Waals surface area (Å²) < 4.78 is 51.6. The van der Waals surface area contributed by atoms with Gasteiger partial charge in [-0.2, -0.15) is 0 Å². The van der Waals surface area contributed by atoms with Crippen molar-refractivity contribution in [1.29, 1.82) is 5.41 Å². The number of benzene rings is 1. The molecule has 1 amide bonds. The van der Waals surface area contributed by atoms with E-state index in [2.05, 4.69) is 10.3 Å². The first-order chi connectivity index (χ1) is 18.3. The number of ether oxygens (including phenoxy) is 1. The van der Waals surface area contributed by atoms with Crippen LogP contribution in [0.2, 0.25) is 0 Å². The molecule has 2 N–H and O–H groups in total. The van der Waals surface area contributed by atoms with Gasteiger partial charge >= 0.3 is 0 Å². The van der Waals surface area contributed by atoms with Crippen molar-refractivity contribution in [2.24, 2.45) is 0 Å². The summed E-state index contributed by atoms with van der Waals surface area (Å²) in [6.45, 7) is 3.13. The third-order valence-corrected chi connectivity index (χ3v) is 7.31. The van der Waals surface area contributed by atoms with Crippen molar-refractivity contribution >= 4 is 28.6 Å². The van der Waals surface area contributed by atoms with Gasteiger partial charge in [0.25, 0.3) is 6.43 Å². The number of likely N-dealkylation sites (N-methyl/N-ethyl adjacent to an activating group) is 1. The molecule has 1 unspecified atom stereocenters. The molecule has 200 valence electrons. The lowest BCUT2D eigenvalue weighted by molar-refractivity contribution is -0.135. The monoisotopic (exact) mass is 526 g/mol. The van der Waals surface area contributed by atoms with Crippen molar-refractivity contribution < 1.29 is 22.7 Å². The number of carbonyl (C=O) groups excluding carboxylic acids is 1. The molecule has 0 spiro atoms. The quantitative estimate of drug-likeness (QED) is 0.450. The smallest absolute Gasteiger partial charge is 0.265 e. The Morgan fingerprint density at radius 1 is 1.26 bits per heavy atom. The minimum absolute atomic E-state index is 0.0242. The number of nitrogens with zero attached hydrogens (tertiary/aromatic N) is 4. The number of imidazole rings is 1. The molecule has 8 nitrogen and oxygen atoms in total. The van der Waals surface area contributed by atoms with Gasteiger partial charge in [0.1, 0.15) is 17.7 Å². The summed E-state index contributed by atoms with van der Waals surface area (Å²) in [5, 5.41) is 10.6. The second kappa shape index (κ2) is 10.2. The Morgan fingerprint density at radius 3 is 2.66 bits per heavy atom. The predicted octanol–water partition coefficient (Wildman–Crippen LogP) is 4.81. The first kappa shape index (κ1) is 25.9. The number of aromatic nitrogens is 3. The van der Waals surface area contributed by atoms with Crippen LogP contribution in [-0.2, 0) is 16.1 Å². The normalized spacial score (nSPS) is 18.8. The Labute approximate surface area is 218 Å². The molecule has 0 radical (unpaired) electrons. The SMILES string of the molecule is CN/C=C(\C=N)c1nc2ccc(F)c(-c3nc(C4CCOCC4)n4c3CN(C)C(=O)C4C)c2cc1C(F)F. The van der Waals surface area contributed by atoms with E-state index in [9.17, 15) is 13.6 Å². The van der Waals surface area contributed by atoms with E-state index < -0.39 is 23.8 Å². The maximum absolute atomic E-state index is 15.7. The standard InChI is InChI=1S/C27H29F3N6O2/c1-14-27(37)35(3)13-21-24(34-26(36(14)21)15-6-8-38-9-7-15)22-17-10-18(25(29)30)23(16(11-31)12-32-2)33-20(17)5-4-19(22)28/h4-5,10-12,14-15,25,31-32H,6-9,13H2,1-3H3/b16-12+,31-11?. The number of halogens is 3. The van der Waals surface area contributed by atoms with Crippen LogP contribution in [-0.4, -0.2) is 58.9 Å². The summed E-state index contributed by atoms with van der Waals surface area (Å²) in [6, 6.07) is 3.40. The maximum Gasteiger partial charge on any atom is 0.265 e. The lowest BCUT2D eigenvalue weighted by atomic mass is 9.98. The summed E-state index contributed by atoms with van der Waals surface area (Å²) in [4.78, 5) is 23.8. The fourth-order valence-corrected chi connectivity index (χ4v) is 5.45. The summed E-state index contributed by atoms with van der Waals surface area (Å²) in [7, 11) is 3.28.